The smallest absolute Gasteiger partial charge is 0.0596 e. The van der Waals surface area contributed by atoms with Crippen molar-refractivity contribution in [2.75, 3.05) is 0 Å². The maximum atomic E-state index is 4.87. The first kappa shape index (κ1) is 10.2. The zero-order chi connectivity index (χ0) is 3.58. The van der Waals surface area contributed by atoms with E-state index in [-0.39, 0.29) is 24.4 Å². The fourth-order valence-electron chi connectivity index (χ4n) is 0. The molecule has 0 aromatic heterocycles. The van der Waals surface area contributed by atoms with E-state index in [4.69, 9.17) is 33.7 Å². The van der Waals surface area contributed by atoms with Crippen molar-refractivity contribution in [2.24, 2.45) is 0 Å². The molecule has 0 unspecified atom stereocenters. The molecule has 0 atom stereocenters. The fourth-order valence-corrected chi connectivity index (χ4v) is 0. The molecule has 0 heterocycles. The van der Waals surface area contributed by atoms with Crippen molar-refractivity contribution in [3.05, 3.63) is 0 Å². The Kier molecular flexibility index (Phi) is 12.4. The monoisotopic (exact) mass is 257 g/mol. The second-order valence-corrected chi connectivity index (χ2v) is 5.17. The van der Waals surface area contributed by atoms with Gasteiger partial charge in [0, 0.05) is 24.4 Å². The molecule has 5 heteroatoms. The second-order valence-electron chi connectivity index (χ2n) is 0.192. The van der Waals surface area contributed by atoms with Crippen LogP contribution >= 0.6 is 39.7 Å². The van der Waals surface area contributed by atoms with E-state index in [2.05, 4.69) is 0 Å². The van der Waals surface area contributed by atoms with Crippen LogP contribution in [0.15, 0.2) is 0 Å². The summed E-state index contributed by atoms with van der Waals surface area (Å²) < 4.78 is 0. The minimum atomic E-state index is -1.20. The van der Waals surface area contributed by atoms with Crippen molar-refractivity contribution in [2.45, 2.75) is 0 Å². The molecule has 0 saturated heterocycles. The van der Waals surface area contributed by atoms with Crippen molar-refractivity contribution in [1.82, 2.24) is 0 Å². The van der Waals surface area contributed by atoms with Crippen molar-refractivity contribution in [3.8, 4) is 0 Å². The van der Waals surface area contributed by atoms with Crippen LogP contribution < -0.4 is 0 Å². The minimum Gasteiger partial charge on any atom is -0.0596 e. The molecule has 0 aliphatic rings. The summed E-state index contributed by atoms with van der Waals surface area (Å²) in [5, 5.41) is 0. The third kappa shape index (κ3) is 23.1. The first-order valence-electron chi connectivity index (χ1n) is 0.507. The molecule has 0 aromatic rings. The standard InChI is InChI=1S/Cl3P.Sb/c1-4(2)3;. The first-order valence-corrected chi connectivity index (χ1v) is 4.56. The Labute approximate surface area is 63.7 Å². The summed E-state index contributed by atoms with van der Waals surface area (Å²) in [5.74, 6) is -1.20. The van der Waals surface area contributed by atoms with Gasteiger partial charge >= 0.3 is 0 Å². The molecular weight excluding hydrogens is 259 g/mol. The molecule has 3 radical (unpaired) electrons. The van der Waals surface area contributed by atoms with Crippen molar-refractivity contribution < 1.29 is 0 Å². The summed E-state index contributed by atoms with van der Waals surface area (Å²) >= 11 is 14.6. The normalized spacial score (nSPS) is 7.20. The summed E-state index contributed by atoms with van der Waals surface area (Å²) in [5.41, 5.74) is 0. The minimum absolute atomic E-state index is 0. The van der Waals surface area contributed by atoms with E-state index in [0.29, 0.717) is 0 Å². The van der Waals surface area contributed by atoms with Gasteiger partial charge in [-0.3, -0.25) is 0 Å². The molecule has 31 valence electrons. The van der Waals surface area contributed by atoms with E-state index < -0.39 is 5.98 Å². The predicted molar refractivity (Wildman–Crippen MR) is 30.2 cm³/mol. The summed E-state index contributed by atoms with van der Waals surface area (Å²) in [6.45, 7) is 0. The molecule has 0 aliphatic heterocycles. The third-order valence-electron chi connectivity index (χ3n) is 0. The fraction of sp³-hybridized carbons (Fsp3) is 0. The Hall–Kier alpha value is 2.12. The zero-order valence-corrected chi connectivity index (χ0v) is 7.74. The van der Waals surface area contributed by atoms with Gasteiger partial charge < -0.3 is 0 Å². The zero-order valence-electron chi connectivity index (χ0n) is 2.03. The van der Waals surface area contributed by atoms with Gasteiger partial charge in [0.2, 0.25) is 0 Å². The van der Waals surface area contributed by atoms with Gasteiger partial charge in [-0.2, -0.15) is 0 Å². The first-order chi connectivity index (χ1) is 1.73. The second kappa shape index (κ2) is 6.12. The Balaban J connectivity index is 0. The van der Waals surface area contributed by atoms with Gasteiger partial charge in [-0.05, 0) is 0 Å². The molecule has 0 rings (SSSR count). The maximum Gasteiger partial charge on any atom is 0.179 e. The molecule has 0 amide bonds. The molecule has 5 heavy (non-hydrogen) atoms. The van der Waals surface area contributed by atoms with Crippen molar-refractivity contribution >= 4 is 64.1 Å². The molecule has 0 fully saturated rings. The SMILES string of the molecule is ClP(Cl)Cl.[Sb]. The van der Waals surface area contributed by atoms with Crippen LogP contribution in [0.25, 0.3) is 0 Å². The van der Waals surface area contributed by atoms with Crippen LogP contribution in [0, 0.1) is 0 Å². The van der Waals surface area contributed by atoms with E-state index >= 15 is 0 Å². The van der Waals surface area contributed by atoms with Gasteiger partial charge in [0.05, 0.1) is 0 Å². The molecular formula is Cl3PSb. The molecule has 0 aromatic carbocycles. The van der Waals surface area contributed by atoms with Gasteiger partial charge in [-0.1, -0.05) is 33.7 Å². The Bertz CT molecular complexity index is 11.6. The van der Waals surface area contributed by atoms with E-state index in [1.54, 1.807) is 0 Å². The van der Waals surface area contributed by atoms with E-state index in [9.17, 15) is 0 Å². The predicted octanol–water partition coefficient (Wildman–Crippen LogP) is 2.55. The number of rotatable bonds is 0. The van der Waals surface area contributed by atoms with Crippen LogP contribution in [0.2, 0.25) is 0 Å². The van der Waals surface area contributed by atoms with Gasteiger partial charge in [-0.25, -0.2) is 0 Å². The number of hydrogen-bond acceptors (Lipinski definition) is 0. The van der Waals surface area contributed by atoms with Crippen LogP contribution in [-0.2, 0) is 0 Å². The Morgan fingerprint density at radius 1 is 1.00 bits per heavy atom. The average Bonchev–Trinajstić information content (AvgIpc) is 0.811. The van der Waals surface area contributed by atoms with E-state index in [1.807, 2.05) is 0 Å². The molecule has 0 saturated carbocycles. The molecule has 0 aliphatic carbocycles. The maximum absolute atomic E-state index is 4.87. The van der Waals surface area contributed by atoms with E-state index in [0.717, 1.165) is 0 Å². The summed E-state index contributed by atoms with van der Waals surface area (Å²) in [6.07, 6.45) is 0. The van der Waals surface area contributed by atoms with Crippen LogP contribution in [-0.4, -0.2) is 24.4 Å². The van der Waals surface area contributed by atoms with Crippen molar-refractivity contribution in [3.63, 3.8) is 0 Å². The topological polar surface area (TPSA) is 0 Å². The summed E-state index contributed by atoms with van der Waals surface area (Å²) in [7, 11) is 0. The van der Waals surface area contributed by atoms with Crippen molar-refractivity contribution in [1.29, 1.82) is 0 Å². The van der Waals surface area contributed by atoms with Gasteiger partial charge in [0.15, 0.2) is 5.98 Å². The van der Waals surface area contributed by atoms with Gasteiger partial charge in [0.1, 0.15) is 0 Å². The van der Waals surface area contributed by atoms with Crippen LogP contribution in [0.3, 0.4) is 0 Å². The van der Waals surface area contributed by atoms with Gasteiger partial charge in [-0.15, -0.1) is 0 Å². The van der Waals surface area contributed by atoms with E-state index in [1.165, 1.54) is 0 Å². The quantitative estimate of drug-likeness (QED) is 0.463. The van der Waals surface area contributed by atoms with Crippen LogP contribution in [0.1, 0.15) is 0 Å². The number of hydrogen-bond donors (Lipinski definition) is 0. The molecule has 0 spiro atoms. The third-order valence-corrected chi connectivity index (χ3v) is 0. The molecule has 0 bridgehead atoms. The Morgan fingerprint density at radius 2 is 1.00 bits per heavy atom. The molecule has 0 nitrogen and oxygen atoms in total. The molecule has 0 N–H and O–H groups in total. The van der Waals surface area contributed by atoms with Crippen LogP contribution in [0.4, 0.5) is 0 Å². The van der Waals surface area contributed by atoms with Gasteiger partial charge in [0.25, 0.3) is 0 Å². The van der Waals surface area contributed by atoms with Crippen LogP contribution in [0.5, 0.6) is 0 Å². The largest absolute Gasteiger partial charge is 0.179 e. The summed E-state index contributed by atoms with van der Waals surface area (Å²) in [4.78, 5) is 0. The summed E-state index contributed by atoms with van der Waals surface area (Å²) in [6, 6.07) is 0. The number of halogens is 3. The average molecular weight is 259 g/mol. The Morgan fingerprint density at radius 3 is 1.00 bits per heavy atom.